The predicted molar refractivity (Wildman–Crippen MR) is 66.7 cm³/mol. The summed E-state index contributed by atoms with van der Waals surface area (Å²) in [5, 5.41) is 9.22. The Morgan fingerprint density at radius 2 is 2.17 bits per heavy atom. The van der Waals surface area contributed by atoms with E-state index >= 15 is 0 Å². The monoisotopic (exact) mass is 247 g/mol. The van der Waals surface area contributed by atoms with Gasteiger partial charge in [0.25, 0.3) is 0 Å². The molecule has 0 aromatic carbocycles. The van der Waals surface area contributed by atoms with Gasteiger partial charge >= 0.3 is 5.97 Å². The van der Waals surface area contributed by atoms with Crippen LogP contribution in [0.5, 0.6) is 0 Å². The molecule has 1 saturated carbocycles. The Kier molecular flexibility index (Phi) is 2.69. The van der Waals surface area contributed by atoms with Crippen LogP contribution in [-0.4, -0.2) is 33.6 Å². The molecule has 1 N–H and O–H groups in total. The maximum atomic E-state index is 11.2. The molecule has 0 radical (unpaired) electrons. The summed E-state index contributed by atoms with van der Waals surface area (Å²) in [4.78, 5) is 22.1. The van der Waals surface area contributed by atoms with Crippen molar-refractivity contribution >= 4 is 11.8 Å². The molecule has 1 unspecified atom stereocenters. The number of rotatable bonds is 3. The number of carbonyl (C=O) groups is 1. The maximum absolute atomic E-state index is 11.2. The smallest absolute Gasteiger partial charge is 0.326 e. The van der Waals surface area contributed by atoms with E-state index in [-0.39, 0.29) is 0 Å². The van der Waals surface area contributed by atoms with E-state index in [0.717, 1.165) is 43.1 Å². The van der Waals surface area contributed by atoms with Crippen molar-refractivity contribution in [1.29, 1.82) is 0 Å². The summed E-state index contributed by atoms with van der Waals surface area (Å²) < 4.78 is 0. The molecule has 1 saturated heterocycles. The van der Waals surface area contributed by atoms with Crippen LogP contribution in [0.2, 0.25) is 0 Å². The Labute approximate surface area is 106 Å². The topological polar surface area (TPSA) is 66.3 Å². The average molecular weight is 247 g/mol. The third-order valence-corrected chi connectivity index (χ3v) is 3.63. The van der Waals surface area contributed by atoms with E-state index in [1.807, 2.05) is 17.9 Å². The van der Waals surface area contributed by atoms with Gasteiger partial charge < -0.3 is 10.0 Å². The number of carboxylic acids is 1. The number of nitrogens with zero attached hydrogens (tertiary/aromatic N) is 3. The Hall–Kier alpha value is -1.65. The van der Waals surface area contributed by atoms with E-state index in [1.165, 1.54) is 0 Å². The van der Waals surface area contributed by atoms with Gasteiger partial charge in [-0.2, -0.15) is 0 Å². The number of anilines is 1. The number of hydrogen-bond acceptors (Lipinski definition) is 4. The van der Waals surface area contributed by atoms with Crippen molar-refractivity contribution in [3.8, 4) is 0 Å². The van der Waals surface area contributed by atoms with E-state index in [2.05, 4.69) is 9.97 Å². The summed E-state index contributed by atoms with van der Waals surface area (Å²) in [7, 11) is 0. The van der Waals surface area contributed by atoms with Crippen molar-refractivity contribution in [1.82, 2.24) is 9.97 Å². The van der Waals surface area contributed by atoms with E-state index < -0.39 is 12.0 Å². The first kappa shape index (κ1) is 11.4. The molecule has 3 rings (SSSR count). The molecule has 18 heavy (non-hydrogen) atoms. The van der Waals surface area contributed by atoms with Gasteiger partial charge in [0.2, 0.25) is 0 Å². The number of carboxylic acid groups (broad SMARTS) is 1. The van der Waals surface area contributed by atoms with Crippen LogP contribution in [0.15, 0.2) is 6.07 Å². The van der Waals surface area contributed by atoms with Crippen LogP contribution in [0.1, 0.15) is 43.1 Å². The third-order valence-electron chi connectivity index (χ3n) is 3.63. The van der Waals surface area contributed by atoms with Crippen LogP contribution < -0.4 is 4.90 Å². The van der Waals surface area contributed by atoms with Crippen LogP contribution in [0.25, 0.3) is 0 Å². The van der Waals surface area contributed by atoms with E-state index in [4.69, 9.17) is 0 Å². The molecular weight excluding hydrogens is 230 g/mol. The van der Waals surface area contributed by atoms with Gasteiger partial charge in [0.15, 0.2) is 0 Å². The molecule has 2 fully saturated rings. The fourth-order valence-corrected chi connectivity index (χ4v) is 2.54. The Bertz CT molecular complexity index is 485. The first-order chi connectivity index (χ1) is 8.65. The Balaban J connectivity index is 1.93. The van der Waals surface area contributed by atoms with Crippen LogP contribution in [0, 0.1) is 6.92 Å². The van der Waals surface area contributed by atoms with Crippen molar-refractivity contribution in [2.24, 2.45) is 0 Å². The highest BCUT2D eigenvalue weighted by Gasteiger charge is 2.33. The lowest BCUT2D eigenvalue weighted by atomic mass is 10.2. The third kappa shape index (κ3) is 2.05. The fraction of sp³-hybridized carbons (Fsp3) is 0.615. The largest absolute Gasteiger partial charge is 0.480 e. The quantitative estimate of drug-likeness (QED) is 0.880. The number of aryl methyl sites for hydroxylation is 1. The fourth-order valence-electron chi connectivity index (χ4n) is 2.54. The first-order valence-corrected chi connectivity index (χ1v) is 6.50. The average Bonchev–Trinajstić information content (AvgIpc) is 3.05. The van der Waals surface area contributed by atoms with Crippen LogP contribution in [0.3, 0.4) is 0 Å². The number of aliphatic carboxylic acids is 1. The van der Waals surface area contributed by atoms with Crippen molar-refractivity contribution < 1.29 is 9.90 Å². The summed E-state index contributed by atoms with van der Waals surface area (Å²) in [6, 6.07) is 1.47. The molecule has 96 valence electrons. The first-order valence-electron chi connectivity index (χ1n) is 6.50. The molecule has 1 aliphatic heterocycles. The van der Waals surface area contributed by atoms with Crippen LogP contribution in [0.4, 0.5) is 5.82 Å². The molecule has 5 nitrogen and oxygen atoms in total. The van der Waals surface area contributed by atoms with Gasteiger partial charge in [-0.05, 0) is 32.6 Å². The molecular formula is C13H17N3O2. The van der Waals surface area contributed by atoms with Crippen molar-refractivity contribution in [3.05, 3.63) is 17.6 Å². The Morgan fingerprint density at radius 3 is 2.83 bits per heavy atom. The Morgan fingerprint density at radius 1 is 1.39 bits per heavy atom. The van der Waals surface area contributed by atoms with Crippen molar-refractivity contribution in [2.75, 3.05) is 11.4 Å². The van der Waals surface area contributed by atoms with Gasteiger partial charge in [-0.25, -0.2) is 14.8 Å². The lowest BCUT2D eigenvalue weighted by molar-refractivity contribution is -0.138. The summed E-state index contributed by atoms with van der Waals surface area (Å²) in [5.41, 5.74) is 0.929. The summed E-state index contributed by atoms with van der Waals surface area (Å²) in [5.74, 6) is 1.42. The second-order valence-corrected chi connectivity index (χ2v) is 5.19. The molecule has 2 heterocycles. The standard InChI is InChI=1S/C13H17N3O2/c1-8-7-11(15-12(14-8)9-4-5-9)16-6-2-3-10(16)13(17)18/h7,9-10H,2-6H2,1H3,(H,17,18). The summed E-state index contributed by atoms with van der Waals surface area (Å²) in [6.07, 6.45) is 3.94. The lowest BCUT2D eigenvalue weighted by Crippen LogP contribution is -2.36. The minimum absolute atomic E-state index is 0.425. The number of hydrogen-bond donors (Lipinski definition) is 1. The summed E-state index contributed by atoms with van der Waals surface area (Å²) in [6.45, 7) is 2.72. The van der Waals surface area contributed by atoms with E-state index in [9.17, 15) is 9.90 Å². The predicted octanol–water partition coefficient (Wildman–Crippen LogP) is 1.72. The van der Waals surface area contributed by atoms with Crippen molar-refractivity contribution in [2.45, 2.75) is 44.6 Å². The molecule has 0 spiro atoms. The maximum Gasteiger partial charge on any atom is 0.326 e. The van der Waals surface area contributed by atoms with Gasteiger partial charge in [-0.3, -0.25) is 0 Å². The van der Waals surface area contributed by atoms with Crippen molar-refractivity contribution in [3.63, 3.8) is 0 Å². The molecule has 0 amide bonds. The zero-order valence-electron chi connectivity index (χ0n) is 10.5. The highest BCUT2D eigenvalue weighted by atomic mass is 16.4. The molecule has 1 aromatic rings. The van der Waals surface area contributed by atoms with Crippen LogP contribution >= 0.6 is 0 Å². The normalized spacial score (nSPS) is 23.4. The molecule has 5 heteroatoms. The molecule has 1 atom stereocenters. The van der Waals surface area contributed by atoms with Gasteiger partial charge in [-0.1, -0.05) is 0 Å². The van der Waals surface area contributed by atoms with E-state index in [1.54, 1.807) is 0 Å². The van der Waals surface area contributed by atoms with Gasteiger partial charge in [0, 0.05) is 24.2 Å². The second-order valence-electron chi connectivity index (χ2n) is 5.19. The highest BCUT2D eigenvalue weighted by molar-refractivity contribution is 5.78. The van der Waals surface area contributed by atoms with Gasteiger partial charge in [-0.15, -0.1) is 0 Å². The van der Waals surface area contributed by atoms with Crippen LogP contribution in [-0.2, 0) is 4.79 Å². The molecule has 2 aliphatic rings. The molecule has 1 aliphatic carbocycles. The number of aromatic nitrogens is 2. The SMILES string of the molecule is Cc1cc(N2CCCC2C(=O)O)nc(C2CC2)n1. The minimum Gasteiger partial charge on any atom is -0.480 e. The molecule has 1 aromatic heterocycles. The zero-order valence-corrected chi connectivity index (χ0v) is 10.5. The van der Waals surface area contributed by atoms with Gasteiger partial charge in [0.1, 0.15) is 17.7 Å². The zero-order chi connectivity index (χ0) is 12.7. The lowest BCUT2D eigenvalue weighted by Gasteiger charge is -2.23. The molecule has 0 bridgehead atoms. The summed E-state index contributed by atoms with van der Waals surface area (Å²) >= 11 is 0. The highest BCUT2D eigenvalue weighted by Crippen LogP contribution is 2.39. The van der Waals surface area contributed by atoms with E-state index in [0.29, 0.717) is 12.3 Å². The second kappa shape index (κ2) is 4.23. The minimum atomic E-state index is -0.753. The van der Waals surface area contributed by atoms with Gasteiger partial charge in [0.05, 0.1) is 0 Å².